The largest absolute Gasteiger partial charge is 0.368 e. The lowest BCUT2D eigenvalue weighted by Gasteiger charge is -2.21. The second-order valence-corrected chi connectivity index (χ2v) is 5.40. The molecule has 1 N–H and O–H groups in total. The summed E-state index contributed by atoms with van der Waals surface area (Å²) in [5, 5.41) is 2.92. The molecule has 1 aliphatic rings. The summed E-state index contributed by atoms with van der Waals surface area (Å²) in [7, 11) is 2.04. The summed E-state index contributed by atoms with van der Waals surface area (Å²) >= 11 is 0. The Kier molecular flexibility index (Phi) is 5.50. The van der Waals surface area contributed by atoms with Crippen molar-refractivity contribution in [1.82, 2.24) is 14.8 Å². The highest BCUT2D eigenvalue weighted by Crippen LogP contribution is 2.17. The van der Waals surface area contributed by atoms with E-state index in [0.717, 1.165) is 25.9 Å². The van der Waals surface area contributed by atoms with Crippen LogP contribution in [-0.2, 0) is 0 Å². The van der Waals surface area contributed by atoms with E-state index in [0.29, 0.717) is 19.6 Å². The van der Waals surface area contributed by atoms with Crippen molar-refractivity contribution in [2.24, 2.45) is 0 Å². The van der Waals surface area contributed by atoms with Crippen LogP contribution in [0.3, 0.4) is 0 Å². The molecule has 0 bridgehead atoms. The van der Waals surface area contributed by atoms with Crippen LogP contribution in [0.25, 0.3) is 0 Å². The van der Waals surface area contributed by atoms with Crippen LogP contribution in [0.2, 0.25) is 0 Å². The first kappa shape index (κ1) is 15.7. The maximum absolute atomic E-state index is 14.4. The first-order valence-electron chi connectivity index (χ1n) is 7.49. The highest BCUT2D eigenvalue weighted by Gasteiger charge is 2.23. The molecule has 21 heavy (non-hydrogen) atoms. The van der Waals surface area contributed by atoms with E-state index in [9.17, 15) is 9.18 Å². The van der Waals surface area contributed by atoms with Gasteiger partial charge in [0, 0.05) is 32.4 Å². The fraction of sp³-hybridized carbons (Fsp3) is 0.600. The molecule has 0 aliphatic carbocycles. The van der Waals surface area contributed by atoms with Gasteiger partial charge in [0.2, 0.25) is 0 Å². The molecule has 0 saturated carbocycles. The van der Waals surface area contributed by atoms with Crippen molar-refractivity contribution in [3.8, 4) is 0 Å². The number of aromatic nitrogens is 1. The Labute approximate surface area is 125 Å². The number of nitrogens with zero attached hydrogens (tertiary/aromatic N) is 3. The third-order valence-corrected chi connectivity index (χ3v) is 3.67. The Balaban J connectivity index is 2.14. The highest BCUT2D eigenvalue weighted by molar-refractivity contribution is 5.95. The van der Waals surface area contributed by atoms with Gasteiger partial charge in [-0.3, -0.25) is 4.79 Å². The third kappa shape index (κ3) is 3.91. The normalized spacial score (nSPS) is 16.6. The van der Waals surface area contributed by atoms with Gasteiger partial charge in [-0.2, -0.15) is 0 Å². The standard InChI is InChI=1S/C15H23FN4O/c1-3-6-17-14-13(16)12(5-7-18-14)15(21)20-9-4-8-19(2)10-11-20/h5,7H,3-4,6,8-11H2,1-2H3,(H,17,18). The molecule has 1 saturated heterocycles. The SMILES string of the molecule is CCCNc1nccc(C(=O)N2CCCN(C)CC2)c1F. The summed E-state index contributed by atoms with van der Waals surface area (Å²) in [6.07, 6.45) is 3.27. The molecule has 2 rings (SSSR count). The van der Waals surface area contributed by atoms with Crippen LogP contribution in [0.4, 0.5) is 10.2 Å². The molecular weight excluding hydrogens is 271 g/mol. The molecule has 6 heteroatoms. The number of amides is 1. The Morgan fingerprint density at radius 2 is 2.19 bits per heavy atom. The maximum Gasteiger partial charge on any atom is 0.257 e. The third-order valence-electron chi connectivity index (χ3n) is 3.67. The van der Waals surface area contributed by atoms with E-state index in [1.807, 2.05) is 14.0 Å². The fourth-order valence-corrected chi connectivity index (χ4v) is 2.40. The van der Waals surface area contributed by atoms with Gasteiger partial charge in [-0.1, -0.05) is 6.92 Å². The zero-order valence-corrected chi connectivity index (χ0v) is 12.7. The van der Waals surface area contributed by atoms with Crippen molar-refractivity contribution in [2.75, 3.05) is 45.1 Å². The molecule has 1 fully saturated rings. The Hall–Kier alpha value is -1.69. The quantitative estimate of drug-likeness (QED) is 0.920. The minimum atomic E-state index is -0.548. The molecule has 1 aromatic rings. The molecule has 0 radical (unpaired) electrons. The van der Waals surface area contributed by atoms with Gasteiger partial charge in [0.1, 0.15) is 0 Å². The highest BCUT2D eigenvalue weighted by atomic mass is 19.1. The first-order chi connectivity index (χ1) is 10.1. The Morgan fingerprint density at radius 1 is 1.38 bits per heavy atom. The number of hydrogen-bond donors (Lipinski definition) is 1. The fourth-order valence-electron chi connectivity index (χ4n) is 2.40. The average molecular weight is 294 g/mol. The summed E-state index contributed by atoms with van der Waals surface area (Å²) in [4.78, 5) is 20.4. The number of likely N-dealkylation sites (N-methyl/N-ethyl adjacent to an activating group) is 1. The molecule has 0 aromatic carbocycles. The van der Waals surface area contributed by atoms with Crippen LogP contribution < -0.4 is 5.32 Å². The molecule has 1 amide bonds. The van der Waals surface area contributed by atoms with Crippen LogP contribution >= 0.6 is 0 Å². The second-order valence-electron chi connectivity index (χ2n) is 5.40. The molecule has 0 spiro atoms. The predicted molar refractivity (Wildman–Crippen MR) is 81.0 cm³/mol. The number of nitrogens with one attached hydrogen (secondary N) is 1. The molecular formula is C15H23FN4O. The smallest absolute Gasteiger partial charge is 0.257 e. The van der Waals surface area contributed by atoms with Crippen molar-refractivity contribution in [2.45, 2.75) is 19.8 Å². The number of halogens is 1. The first-order valence-corrected chi connectivity index (χ1v) is 7.49. The van der Waals surface area contributed by atoms with Crippen molar-refractivity contribution in [1.29, 1.82) is 0 Å². The van der Waals surface area contributed by atoms with Gasteiger partial charge in [-0.25, -0.2) is 9.37 Å². The number of carbonyl (C=O) groups excluding carboxylic acids is 1. The van der Waals surface area contributed by atoms with Crippen LogP contribution in [-0.4, -0.2) is 60.5 Å². The van der Waals surface area contributed by atoms with Crippen LogP contribution in [0.15, 0.2) is 12.3 Å². The summed E-state index contributed by atoms with van der Waals surface area (Å²) in [6.45, 7) is 5.71. The number of hydrogen-bond acceptors (Lipinski definition) is 4. The zero-order valence-electron chi connectivity index (χ0n) is 12.7. The van der Waals surface area contributed by atoms with Gasteiger partial charge in [-0.05, 0) is 32.5 Å². The minimum absolute atomic E-state index is 0.105. The van der Waals surface area contributed by atoms with Crippen LogP contribution in [0.5, 0.6) is 0 Å². The van der Waals surface area contributed by atoms with Crippen molar-refractivity contribution in [3.05, 3.63) is 23.6 Å². The van der Waals surface area contributed by atoms with E-state index in [1.54, 1.807) is 4.90 Å². The van der Waals surface area contributed by atoms with E-state index in [1.165, 1.54) is 12.3 Å². The van der Waals surface area contributed by atoms with E-state index in [-0.39, 0.29) is 17.3 Å². The summed E-state index contributed by atoms with van der Waals surface area (Å²) in [5.74, 6) is -0.632. The van der Waals surface area contributed by atoms with E-state index < -0.39 is 5.82 Å². The lowest BCUT2D eigenvalue weighted by molar-refractivity contribution is 0.0758. The maximum atomic E-state index is 14.4. The second kappa shape index (κ2) is 7.36. The average Bonchev–Trinajstić information content (AvgIpc) is 2.70. The molecule has 116 valence electrons. The molecule has 1 aliphatic heterocycles. The zero-order chi connectivity index (χ0) is 15.2. The summed E-state index contributed by atoms with van der Waals surface area (Å²) in [6, 6.07) is 1.46. The van der Waals surface area contributed by atoms with Crippen molar-refractivity contribution >= 4 is 11.7 Å². The van der Waals surface area contributed by atoms with Gasteiger partial charge in [0.15, 0.2) is 11.6 Å². The summed E-state index contributed by atoms with van der Waals surface area (Å²) in [5.41, 5.74) is 0.105. The lowest BCUT2D eigenvalue weighted by Crippen LogP contribution is -2.35. The molecule has 5 nitrogen and oxygen atoms in total. The van der Waals surface area contributed by atoms with Gasteiger partial charge in [0.25, 0.3) is 5.91 Å². The number of carbonyl (C=O) groups is 1. The van der Waals surface area contributed by atoms with Crippen LogP contribution in [0.1, 0.15) is 30.1 Å². The minimum Gasteiger partial charge on any atom is -0.368 e. The topological polar surface area (TPSA) is 48.5 Å². The molecule has 0 unspecified atom stereocenters. The van der Waals surface area contributed by atoms with Crippen LogP contribution in [0, 0.1) is 5.82 Å². The van der Waals surface area contributed by atoms with E-state index >= 15 is 0 Å². The van der Waals surface area contributed by atoms with Gasteiger partial charge < -0.3 is 15.1 Å². The van der Waals surface area contributed by atoms with Gasteiger partial charge in [0.05, 0.1) is 5.56 Å². The number of rotatable bonds is 4. The van der Waals surface area contributed by atoms with Crippen molar-refractivity contribution in [3.63, 3.8) is 0 Å². The van der Waals surface area contributed by atoms with E-state index in [4.69, 9.17) is 0 Å². The van der Waals surface area contributed by atoms with Gasteiger partial charge >= 0.3 is 0 Å². The Morgan fingerprint density at radius 3 is 2.95 bits per heavy atom. The van der Waals surface area contributed by atoms with Gasteiger partial charge in [-0.15, -0.1) is 0 Å². The lowest BCUT2D eigenvalue weighted by atomic mass is 10.2. The number of pyridine rings is 1. The monoisotopic (exact) mass is 294 g/mol. The predicted octanol–water partition coefficient (Wildman–Crippen LogP) is 1.82. The molecule has 1 aromatic heterocycles. The summed E-state index contributed by atoms with van der Waals surface area (Å²) < 4.78 is 14.4. The molecule has 2 heterocycles. The number of anilines is 1. The molecule has 0 atom stereocenters. The Bertz CT molecular complexity index is 495. The van der Waals surface area contributed by atoms with Crippen molar-refractivity contribution < 1.29 is 9.18 Å². The van der Waals surface area contributed by atoms with E-state index in [2.05, 4.69) is 15.2 Å².